The maximum atomic E-state index is 13.7. The fourth-order valence-corrected chi connectivity index (χ4v) is 4.34. The van der Waals surface area contributed by atoms with Crippen LogP contribution >= 0.6 is 0 Å². The Labute approximate surface area is 188 Å². The topological polar surface area (TPSA) is 76.6 Å². The largest absolute Gasteiger partial charge is 0.497 e. The minimum Gasteiger partial charge on any atom is -0.497 e. The predicted octanol–water partition coefficient (Wildman–Crippen LogP) is 5.10. The van der Waals surface area contributed by atoms with Gasteiger partial charge in [0.2, 0.25) is 0 Å². The molecule has 1 fully saturated rings. The molecule has 32 heavy (non-hydrogen) atoms. The van der Waals surface area contributed by atoms with Gasteiger partial charge in [0, 0.05) is 53.8 Å². The number of aryl methyl sites for hydroxylation is 1. The number of anilines is 2. The zero-order chi connectivity index (χ0) is 22.7. The minimum absolute atomic E-state index is 0.00360. The highest BCUT2D eigenvalue weighted by atomic mass is 16.5. The molecule has 1 amide bonds. The molecule has 0 saturated carbocycles. The van der Waals surface area contributed by atoms with Gasteiger partial charge in [-0.3, -0.25) is 4.79 Å². The van der Waals surface area contributed by atoms with E-state index in [1.807, 2.05) is 42.2 Å². The number of nitrogens with one attached hydrogen (secondary N) is 1. The highest BCUT2D eigenvalue weighted by molar-refractivity contribution is 6.07. The number of methoxy groups -OCH3 is 2. The smallest absolute Gasteiger partial charge is 0.257 e. The number of aromatic nitrogens is 2. The zero-order valence-corrected chi connectivity index (χ0v) is 19.1. The summed E-state index contributed by atoms with van der Waals surface area (Å²) in [6.07, 6.45) is 5.83. The Morgan fingerprint density at radius 2 is 1.91 bits per heavy atom. The summed E-state index contributed by atoms with van der Waals surface area (Å²) in [4.78, 5) is 24.8. The molecule has 4 rings (SSSR count). The van der Waals surface area contributed by atoms with Gasteiger partial charge in [-0.15, -0.1) is 0 Å². The van der Waals surface area contributed by atoms with Crippen molar-refractivity contribution >= 4 is 28.3 Å². The second kappa shape index (κ2) is 9.42. The van der Waals surface area contributed by atoms with Gasteiger partial charge in [-0.1, -0.05) is 6.92 Å². The van der Waals surface area contributed by atoms with Gasteiger partial charge in [0.15, 0.2) is 5.65 Å². The summed E-state index contributed by atoms with van der Waals surface area (Å²) >= 11 is 0. The molecule has 0 bridgehead atoms. The standard InChI is InChI=1S/C25H30N4O3/c1-5-18-8-6-7-11-29(18)25(30)22-15-26-24-21(10-9-16(2)27-24)23(22)28-17-12-19(31-3)14-20(13-17)32-4/h9-10,12-15,18H,5-8,11H2,1-4H3,(H,26,27,28)/t18-/m0/s1. The molecule has 0 unspecified atom stereocenters. The van der Waals surface area contributed by atoms with E-state index in [1.165, 1.54) is 0 Å². The first-order chi connectivity index (χ1) is 15.5. The van der Waals surface area contributed by atoms with E-state index in [9.17, 15) is 4.79 Å². The van der Waals surface area contributed by atoms with Gasteiger partial charge in [0.05, 0.1) is 25.5 Å². The quantitative estimate of drug-likeness (QED) is 0.581. The van der Waals surface area contributed by atoms with Crippen molar-refractivity contribution in [3.8, 4) is 11.5 Å². The van der Waals surface area contributed by atoms with E-state index in [0.717, 1.165) is 49.0 Å². The Balaban J connectivity index is 1.83. The number of benzene rings is 1. The van der Waals surface area contributed by atoms with Crippen LogP contribution in [0.2, 0.25) is 0 Å². The molecule has 1 aromatic carbocycles. The SMILES string of the molecule is CC[C@H]1CCCCN1C(=O)c1cnc2nc(C)ccc2c1Nc1cc(OC)cc(OC)c1. The number of hydrogen-bond acceptors (Lipinski definition) is 6. The highest BCUT2D eigenvalue weighted by Gasteiger charge is 2.29. The van der Waals surface area contributed by atoms with E-state index >= 15 is 0 Å². The summed E-state index contributed by atoms with van der Waals surface area (Å²) in [7, 11) is 3.23. The van der Waals surface area contributed by atoms with Gasteiger partial charge in [-0.05, 0) is 44.7 Å². The second-order valence-corrected chi connectivity index (χ2v) is 8.15. The number of piperidine rings is 1. The van der Waals surface area contributed by atoms with Gasteiger partial charge < -0.3 is 19.7 Å². The lowest BCUT2D eigenvalue weighted by atomic mass is 9.98. The number of hydrogen-bond donors (Lipinski definition) is 1. The Hall–Kier alpha value is -3.35. The van der Waals surface area contributed by atoms with Crippen LogP contribution in [0.5, 0.6) is 11.5 Å². The molecule has 7 heteroatoms. The van der Waals surface area contributed by atoms with Gasteiger partial charge in [-0.25, -0.2) is 9.97 Å². The van der Waals surface area contributed by atoms with Crippen molar-refractivity contribution in [2.24, 2.45) is 0 Å². The van der Waals surface area contributed by atoms with Crippen molar-refractivity contribution < 1.29 is 14.3 Å². The number of amides is 1. The van der Waals surface area contributed by atoms with Crippen LogP contribution in [0.15, 0.2) is 36.5 Å². The molecule has 1 aliphatic rings. The monoisotopic (exact) mass is 434 g/mol. The summed E-state index contributed by atoms with van der Waals surface area (Å²) in [5.41, 5.74) is 3.48. The van der Waals surface area contributed by atoms with Crippen LogP contribution in [0.3, 0.4) is 0 Å². The second-order valence-electron chi connectivity index (χ2n) is 8.15. The van der Waals surface area contributed by atoms with Gasteiger partial charge >= 0.3 is 0 Å². The Morgan fingerprint density at radius 1 is 1.16 bits per heavy atom. The number of carbonyl (C=O) groups is 1. The maximum Gasteiger partial charge on any atom is 0.257 e. The number of carbonyl (C=O) groups excluding carboxylic acids is 1. The van der Waals surface area contributed by atoms with Gasteiger partial charge in [0.1, 0.15) is 11.5 Å². The van der Waals surface area contributed by atoms with E-state index in [-0.39, 0.29) is 11.9 Å². The molecule has 1 aliphatic heterocycles. The third-order valence-corrected chi connectivity index (χ3v) is 6.08. The molecule has 7 nitrogen and oxygen atoms in total. The van der Waals surface area contributed by atoms with Crippen molar-refractivity contribution in [3.05, 3.63) is 47.8 Å². The Kier molecular flexibility index (Phi) is 6.44. The first kappa shape index (κ1) is 21.9. The fraction of sp³-hybridized carbons (Fsp3) is 0.400. The molecule has 3 heterocycles. The van der Waals surface area contributed by atoms with Crippen LogP contribution in [0, 0.1) is 6.92 Å². The van der Waals surface area contributed by atoms with E-state index in [2.05, 4.69) is 22.2 Å². The lowest BCUT2D eigenvalue weighted by Gasteiger charge is -2.35. The van der Waals surface area contributed by atoms with E-state index in [0.29, 0.717) is 28.4 Å². The average molecular weight is 435 g/mol. The van der Waals surface area contributed by atoms with Crippen molar-refractivity contribution in [3.63, 3.8) is 0 Å². The van der Waals surface area contributed by atoms with Crippen molar-refractivity contribution in [1.82, 2.24) is 14.9 Å². The average Bonchev–Trinajstić information content (AvgIpc) is 2.83. The molecule has 0 radical (unpaired) electrons. The number of ether oxygens (including phenoxy) is 2. The number of fused-ring (bicyclic) bond motifs is 1. The molecule has 1 atom stereocenters. The van der Waals surface area contributed by atoms with Crippen LogP contribution in [-0.4, -0.2) is 47.6 Å². The lowest BCUT2D eigenvalue weighted by molar-refractivity contribution is 0.0609. The fourth-order valence-electron chi connectivity index (χ4n) is 4.34. The third kappa shape index (κ3) is 4.33. The number of pyridine rings is 2. The van der Waals surface area contributed by atoms with Crippen LogP contribution in [0.25, 0.3) is 11.0 Å². The highest BCUT2D eigenvalue weighted by Crippen LogP contribution is 2.34. The molecule has 1 N–H and O–H groups in total. The van der Waals surface area contributed by atoms with Crippen LogP contribution in [-0.2, 0) is 0 Å². The first-order valence-electron chi connectivity index (χ1n) is 11.1. The summed E-state index contributed by atoms with van der Waals surface area (Å²) < 4.78 is 10.8. The molecular weight excluding hydrogens is 404 g/mol. The summed E-state index contributed by atoms with van der Waals surface area (Å²) in [6, 6.07) is 9.72. The minimum atomic E-state index is 0.00360. The maximum absolute atomic E-state index is 13.7. The first-order valence-corrected chi connectivity index (χ1v) is 11.1. The molecule has 1 saturated heterocycles. The summed E-state index contributed by atoms with van der Waals surface area (Å²) in [6.45, 7) is 4.84. The van der Waals surface area contributed by atoms with Crippen LogP contribution < -0.4 is 14.8 Å². The molecule has 0 spiro atoms. The van der Waals surface area contributed by atoms with Crippen molar-refractivity contribution in [2.45, 2.75) is 45.6 Å². The summed E-state index contributed by atoms with van der Waals surface area (Å²) in [5, 5.41) is 4.25. The number of rotatable bonds is 6. The van der Waals surface area contributed by atoms with Crippen molar-refractivity contribution in [1.29, 1.82) is 0 Å². The number of likely N-dealkylation sites (tertiary alicyclic amines) is 1. The third-order valence-electron chi connectivity index (χ3n) is 6.08. The summed E-state index contributed by atoms with van der Waals surface area (Å²) in [5.74, 6) is 1.33. The van der Waals surface area contributed by atoms with Gasteiger partial charge in [-0.2, -0.15) is 0 Å². The van der Waals surface area contributed by atoms with E-state index in [4.69, 9.17) is 9.47 Å². The molecule has 3 aromatic rings. The van der Waals surface area contributed by atoms with Gasteiger partial charge in [0.25, 0.3) is 5.91 Å². The predicted molar refractivity (Wildman–Crippen MR) is 126 cm³/mol. The lowest BCUT2D eigenvalue weighted by Crippen LogP contribution is -2.43. The Bertz CT molecular complexity index is 1110. The molecule has 0 aliphatic carbocycles. The Morgan fingerprint density at radius 3 is 2.59 bits per heavy atom. The molecular formula is C25H30N4O3. The van der Waals surface area contributed by atoms with E-state index in [1.54, 1.807) is 20.4 Å². The zero-order valence-electron chi connectivity index (χ0n) is 19.1. The van der Waals surface area contributed by atoms with Crippen LogP contribution in [0.4, 0.5) is 11.4 Å². The van der Waals surface area contributed by atoms with Crippen LogP contribution in [0.1, 0.15) is 48.7 Å². The molecule has 2 aromatic heterocycles. The van der Waals surface area contributed by atoms with Crippen molar-refractivity contribution in [2.75, 3.05) is 26.1 Å². The number of nitrogens with zero attached hydrogens (tertiary/aromatic N) is 3. The van der Waals surface area contributed by atoms with E-state index < -0.39 is 0 Å². The molecule has 168 valence electrons. The normalized spacial score (nSPS) is 16.1.